The quantitative estimate of drug-likeness (QED) is 0.828. The Balaban J connectivity index is 2.73. The molecule has 0 aliphatic heterocycles. The number of benzene rings is 1. The van der Waals surface area contributed by atoms with E-state index < -0.39 is 11.4 Å². The minimum Gasteiger partial charge on any atom is -0.598 e. The Labute approximate surface area is 99.6 Å². The smallest absolute Gasteiger partial charge is 0.136 e. The second kappa shape index (κ2) is 5.17. The molecule has 0 bridgehead atoms. The summed E-state index contributed by atoms with van der Waals surface area (Å²) in [4.78, 5) is 0. The summed E-state index contributed by atoms with van der Waals surface area (Å²) >= 11 is -1.19. The molecule has 2 atom stereocenters. The van der Waals surface area contributed by atoms with E-state index in [4.69, 9.17) is 0 Å². The van der Waals surface area contributed by atoms with Gasteiger partial charge in [-0.05, 0) is 33.8 Å². The standard InChI is InChI=1S/C12H18FNOS/c1-9(14-16(15)12(2,3)4)10-7-5-6-8-11(10)13/h5-9,14H,1-4H3/t9-,16+/m1/s1. The van der Waals surface area contributed by atoms with Crippen LogP contribution in [0.25, 0.3) is 0 Å². The van der Waals surface area contributed by atoms with E-state index in [0.29, 0.717) is 5.56 Å². The molecule has 0 aliphatic carbocycles. The molecule has 1 rings (SSSR count). The lowest BCUT2D eigenvalue weighted by molar-refractivity contribution is 0.522. The molecule has 0 aliphatic rings. The molecule has 16 heavy (non-hydrogen) atoms. The van der Waals surface area contributed by atoms with Crippen molar-refractivity contribution in [1.29, 1.82) is 0 Å². The second-order valence-electron chi connectivity index (χ2n) is 4.74. The van der Waals surface area contributed by atoms with E-state index in [0.717, 1.165) is 0 Å². The normalized spacial score (nSPS) is 15.9. The Hall–Kier alpha value is -0.580. The lowest BCUT2D eigenvalue weighted by Crippen LogP contribution is -2.40. The summed E-state index contributed by atoms with van der Waals surface area (Å²) in [7, 11) is 0. The Morgan fingerprint density at radius 2 is 1.88 bits per heavy atom. The summed E-state index contributed by atoms with van der Waals surface area (Å²) in [5.41, 5.74) is 0.542. The molecule has 1 aromatic rings. The van der Waals surface area contributed by atoms with Crippen LogP contribution in [0.2, 0.25) is 0 Å². The van der Waals surface area contributed by atoms with Gasteiger partial charge in [-0.1, -0.05) is 18.2 Å². The Bertz CT molecular complexity index is 351. The predicted octanol–water partition coefficient (Wildman–Crippen LogP) is 2.94. The van der Waals surface area contributed by atoms with Gasteiger partial charge in [0.2, 0.25) is 0 Å². The molecule has 0 spiro atoms. The van der Waals surface area contributed by atoms with E-state index in [1.54, 1.807) is 18.2 Å². The first-order chi connectivity index (χ1) is 7.32. The summed E-state index contributed by atoms with van der Waals surface area (Å²) < 4.78 is 27.8. The van der Waals surface area contributed by atoms with Gasteiger partial charge in [-0.15, -0.1) is 4.72 Å². The van der Waals surface area contributed by atoms with Gasteiger partial charge in [-0.3, -0.25) is 0 Å². The van der Waals surface area contributed by atoms with Crippen molar-refractivity contribution in [1.82, 2.24) is 4.72 Å². The van der Waals surface area contributed by atoms with Crippen LogP contribution in [0.15, 0.2) is 24.3 Å². The van der Waals surface area contributed by atoms with E-state index in [1.807, 2.05) is 27.7 Å². The van der Waals surface area contributed by atoms with Gasteiger partial charge in [-0.2, -0.15) is 0 Å². The van der Waals surface area contributed by atoms with Crippen LogP contribution in [0.1, 0.15) is 39.3 Å². The topological polar surface area (TPSA) is 35.1 Å². The monoisotopic (exact) mass is 243 g/mol. The van der Waals surface area contributed by atoms with Crippen molar-refractivity contribution in [3.05, 3.63) is 35.6 Å². The molecule has 0 radical (unpaired) electrons. The molecular formula is C12H18FNOS. The molecule has 0 fully saturated rings. The minimum absolute atomic E-state index is 0.263. The van der Waals surface area contributed by atoms with Crippen LogP contribution in [0.4, 0.5) is 4.39 Å². The van der Waals surface area contributed by atoms with Crippen LogP contribution in [-0.4, -0.2) is 9.30 Å². The van der Waals surface area contributed by atoms with E-state index in [-0.39, 0.29) is 16.6 Å². The molecule has 0 amide bonds. The van der Waals surface area contributed by atoms with Gasteiger partial charge in [0.15, 0.2) is 0 Å². The van der Waals surface area contributed by atoms with Gasteiger partial charge in [-0.25, -0.2) is 4.39 Å². The average molecular weight is 243 g/mol. The molecule has 1 N–H and O–H groups in total. The second-order valence-corrected chi connectivity index (χ2v) is 6.74. The van der Waals surface area contributed by atoms with Gasteiger partial charge in [0.05, 0.1) is 6.04 Å². The molecule has 0 heterocycles. The van der Waals surface area contributed by atoms with Gasteiger partial charge < -0.3 is 4.55 Å². The first-order valence-electron chi connectivity index (χ1n) is 5.25. The Kier molecular flexibility index (Phi) is 4.35. The highest BCUT2D eigenvalue weighted by atomic mass is 32.2. The SMILES string of the molecule is C[C@@H](N[S@@+]([O-])C(C)(C)C)c1ccccc1F. The molecular weight excluding hydrogens is 225 g/mol. The van der Waals surface area contributed by atoms with Gasteiger partial charge in [0, 0.05) is 16.9 Å². The van der Waals surface area contributed by atoms with Crippen molar-refractivity contribution >= 4 is 11.4 Å². The largest absolute Gasteiger partial charge is 0.598 e. The third-order valence-corrected chi connectivity index (χ3v) is 3.89. The molecule has 2 nitrogen and oxygen atoms in total. The first-order valence-corrected chi connectivity index (χ1v) is 6.40. The van der Waals surface area contributed by atoms with Crippen LogP contribution in [0, 0.1) is 5.82 Å². The molecule has 0 unspecified atom stereocenters. The van der Waals surface area contributed by atoms with Crippen LogP contribution in [0.3, 0.4) is 0 Å². The fourth-order valence-corrected chi connectivity index (χ4v) is 2.03. The maximum atomic E-state index is 13.4. The molecule has 90 valence electrons. The summed E-state index contributed by atoms with van der Waals surface area (Å²) in [6.07, 6.45) is 0. The third-order valence-electron chi connectivity index (χ3n) is 2.21. The Morgan fingerprint density at radius 1 is 1.31 bits per heavy atom. The van der Waals surface area contributed by atoms with E-state index in [1.165, 1.54) is 6.07 Å². The number of hydrogen-bond donors (Lipinski definition) is 1. The highest BCUT2D eigenvalue weighted by Gasteiger charge is 2.28. The maximum Gasteiger partial charge on any atom is 0.136 e. The highest BCUT2D eigenvalue weighted by Crippen LogP contribution is 2.21. The first kappa shape index (κ1) is 13.5. The molecule has 1 aromatic carbocycles. The number of hydrogen-bond acceptors (Lipinski definition) is 2. The van der Waals surface area contributed by atoms with Crippen molar-refractivity contribution in [3.8, 4) is 0 Å². The molecule has 0 aromatic heterocycles. The molecule has 0 saturated carbocycles. The molecule has 0 saturated heterocycles. The molecule has 4 heteroatoms. The number of rotatable bonds is 3. The van der Waals surface area contributed by atoms with E-state index >= 15 is 0 Å². The summed E-state index contributed by atoms with van der Waals surface area (Å²) in [5, 5.41) is 0. The van der Waals surface area contributed by atoms with E-state index in [2.05, 4.69) is 4.72 Å². The van der Waals surface area contributed by atoms with Crippen molar-refractivity contribution in [2.24, 2.45) is 0 Å². The zero-order valence-corrected chi connectivity index (χ0v) is 10.9. The van der Waals surface area contributed by atoms with Crippen molar-refractivity contribution in [2.75, 3.05) is 0 Å². The fraction of sp³-hybridized carbons (Fsp3) is 0.500. The van der Waals surface area contributed by atoms with Gasteiger partial charge >= 0.3 is 0 Å². The summed E-state index contributed by atoms with van der Waals surface area (Å²) in [6.45, 7) is 7.45. The van der Waals surface area contributed by atoms with Crippen LogP contribution < -0.4 is 4.72 Å². The van der Waals surface area contributed by atoms with Crippen LogP contribution in [-0.2, 0) is 11.4 Å². The average Bonchev–Trinajstić information content (AvgIpc) is 2.16. The summed E-state index contributed by atoms with van der Waals surface area (Å²) in [6, 6.07) is 6.27. The third kappa shape index (κ3) is 3.47. The predicted molar refractivity (Wildman–Crippen MR) is 65.8 cm³/mol. The fourth-order valence-electron chi connectivity index (χ4n) is 1.23. The minimum atomic E-state index is -1.19. The van der Waals surface area contributed by atoms with Crippen LogP contribution in [0.5, 0.6) is 0 Å². The lowest BCUT2D eigenvalue weighted by atomic mass is 10.1. The van der Waals surface area contributed by atoms with Crippen molar-refractivity contribution in [2.45, 2.75) is 38.5 Å². The van der Waals surface area contributed by atoms with Gasteiger partial charge in [0.1, 0.15) is 10.6 Å². The van der Waals surface area contributed by atoms with Gasteiger partial charge in [0.25, 0.3) is 0 Å². The Morgan fingerprint density at radius 3 is 2.38 bits per heavy atom. The number of nitrogens with one attached hydrogen (secondary N) is 1. The zero-order valence-electron chi connectivity index (χ0n) is 10.1. The number of halogens is 1. The maximum absolute atomic E-state index is 13.4. The van der Waals surface area contributed by atoms with E-state index in [9.17, 15) is 8.94 Å². The van der Waals surface area contributed by atoms with Crippen LogP contribution >= 0.6 is 0 Å². The van der Waals surface area contributed by atoms with Crippen molar-refractivity contribution in [3.63, 3.8) is 0 Å². The van der Waals surface area contributed by atoms with Crippen molar-refractivity contribution < 1.29 is 8.94 Å². The zero-order chi connectivity index (χ0) is 12.3. The summed E-state index contributed by atoms with van der Waals surface area (Å²) in [5.74, 6) is -0.270. The lowest BCUT2D eigenvalue weighted by Gasteiger charge is -2.26. The highest BCUT2D eigenvalue weighted by molar-refractivity contribution is 7.90.